The Morgan fingerprint density at radius 3 is 2.15 bits per heavy atom. The Morgan fingerprint density at radius 1 is 1.20 bits per heavy atom. The van der Waals surface area contributed by atoms with E-state index >= 15 is 0 Å². The summed E-state index contributed by atoms with van der Waals surface area (Å²) in [4.78, 5) is 2.36. The Hall–Kier alpha value is -0.210. The normalized spacial score (nSPS) is 21.1. The second-order valence-corrected chi connectivity index (χ2v) is 8.10. The summed E-state index contributed by atoms with van der Waals surface area (Å²) in [7, 11) is -3.38. The minimum atomic E-state index is -3.38. The van der Waals surface area contributed by atoms with Crippen molar-refractivity contribution in [2.45, 2.75) is 52.1 Å². The smallest absolute Gasteiger partial charge is 0.280 e. The molecule has 1 saturated heterocycles. The highest BCUT2D eigenvalue weighted by Gasteiger charge is 2.31. The Kier molecular flexibility index (Phi) is 6.40. The third-order valence-electron chi connectivity index (χ3n) is 3.54. The zero-order valence-electron chi connectivity index (χ0n) is 13.2. The summed E-state index contributed by atoms with van der Waals surface area (Å²) < 4.78 is 28.8. The predicted molar refractivity (Wildman–Crippen MR) is 82.7 cm³/mol. The fraction of sp³-hybridized carbons (Fsp3) is 1.00. The summed E-state index contributed by atoms with van der Waals surface area (Å²) in [6.07, 6.45) is 2.04. The van der Waals surface area contributed by atoms with Gasteiger partial charge >= 0.3 is 0 Å². The van der Waals surface area contributed by atoms with Gasteiger partial charge in [-0.2, -0.15) is 17.4 Å². The number of nitrogens with one attached hydrogen (secondary N) is 1. The average Bonchev–Trinajstić information content (AvgIpc) is 2.33. The Bertz CT molecular complexity index is 384. The number of nitrogens with two attached hydrogens (primary N) is 1. The van der Waals surface area contributed by atoms with Crippen molar-refractivity contribution in [3.63, 3.8) is 0 Å². The molecule has 3 N–H and O–H groups in total. The molecule has 1 rings (SSSR count). The van der Waals surface area contributed by atoms with E-state index in [1.54, 1.807) is 4.31 Å². The zero-order chi connectivity index (χ0) is 15.4. The van der Waals surface area contributed by atoms with E-state index in [0.717, 1.165) is 25.9 Å². The van der Waals surface area contributed by atoms with Gasteiger partial charge < -0.3 is 5.73 Å². The lowest BCUT2D eigenvalue weighted by molar-refractivity contribution is 0.128. The topological polar surface area (TPSA) is 78.7 Å². The first kappa shape index (κ1) is 17.8. The van der Waals surface area contributed by atoms with Crippen molar-refractivity contribution in [1.82, 2.24) is 13.9 Å². The summed E-state index contributed by atoms with van der Waals surface area (Å²) in [6.45, 7) is 11.1. The molecule has 7 heteroatoms. The van der Waals surface area contributed by atoms with Crippen molar-refractivity contribution in [3.8, 4) is 0 Å². The molecule has 20 heavy (non-hydrogen) atoms. The molecule has 1 heterocycles. The van der Waals surface area contributed by atoms with E-state index in [1.807, 2.05) is 20.8 Å². The lowest BCUT2D eigenvalue weighted by Gasteiger charge is -2.39. The quantitative estimate of drug-likeness (QED) is 0.743. The number of hydrogen-bond donors (Lipinski definition) is 2. The lowest BCUT2D eigenvalue weighted by atomic mass is 10.1. The monoisotopic (exact) mass is 306 g/mol. The van der Waals surface area contributed by atoms with Gasteiger partial charge in [0.25, 0.3) is 10.2 Å². The van der Waals surface area contributed by atoms with E-state index in [1.165, 1.54) is 0 Å². The summed E-state index contributed by atoms with van der Waals surface area (Å²) >= 11 is 0. The van der Waals surface area contributed by atoms with Crippen LogP contribution in [0.3, 0.4) is 0 Å². The molecule has 1 aliphatic rings. The molecule has 6 nitrogen and oxygen atoms in total. The molecule has 0 aliphatic carbocycles. The van der Waals surface area contributed by atoms with E-state index in [9.17, 15) is 8.42 Å². The third-order valence-corrected chi connectivity index (χ3v) is 5.45. The molecule has 1 unspecified atom stereocenters. The third kappa shape index (κ3) is 5.29. The highest BCUT2D eigenvalue weighted by Crippen LogP contribution is 2.15. The van der Waals surface area contributed by atoms with Crippen molar-refractivity contribution in [2.75, 3.05) is 32.7 Å². The molecule has 0 amide bonds. The highest BCUT2D eigenvalue weighted by molar-refractivity contribution is 7.87. The van der Waals surface area contributed by atoms with Crippen LogP contribution in [-0.4, -0.2) is 61.9 Å². The van der Waals surface area contributed by atoms with Gasteiger partial charge in [0, 0.05) is 37.8 Å². The van der Waals surface area contributed by atoms with Gasteiger partial charge in [-0.25, -0.2) is 0 Å². The van der Waals surface area contributed by atoms with Crippen molar-refractivity contribution in [3.05, 3.63) is 0 Å². The van der Waals surface area contributed by atoms with Gasteiger partial charge in [-0.3, -0.25) is 4.90 Å². The summed E-state index contributed by atoms with van der Waals surface area (Å²) in [5.74, 6) is 0. The van der Waals surface area contributed by atoms with E-state index in [-0.39, 0.29) is 0 Å². The molecule has 0 aromatic heterocycles. The summed E-state index contributed by atoms with van der Waals surface area (Å²) in [5, 5.41) is 0. The zero-order valence-corrected chi connectivity index (χ0v) is 14.0. The van der Waals surface area contributed by atoms with Gasteiger partial charge in [0.2, 0.25) is 0 Å². The maximum atomic E-state index is 12.2. The maximum Gasteiger partial charge on any atom is 0.280 e. The molecular formula is C13H30N4O2S. The van der Waals surface area contributed by atoms with Gasteiger partial charge in [0.1, 0.15) is 0 Å². The molecule has 1 atom stereocenters. The molecule has 1 fully saturated rings. The molecule has 1 aliphatic heterocycles. The molecule has 0 bridgehead atoms. The minimum absolute atomic E-state index is 0.443. The molecule has 0 saturated carbocycles. The predicted octanol–water partition coefficient (Wildman–Crippen LogP) is 0.364. The van der Waals surface area contributed by atoms with Crippen LogP contribution in [0.2, 0.25) is 0 Å². The molecule has 0 aromatic rings. The van der Waals surface area contributed by atoms with Gasteiger partial charge in [-0.15, -0.1) is 0 Å². The Labute approximate surface area is 123 Å². The Morgan fingerprint density at radius 2 is 1.75 bits per heavy atom. The van der Waals surface area contributed by atoms with E-state index in [0.29, 0.717) is 25.7 Å². The van der Waals surface area contributed by atoms with E-state index in [4.69, 9.17) is 5.73 Å². The first-order valence-electron chi connectivity index (χ1n) is 7.42. The number of nitrogens with zero attached hydrogens (tertiary/aromatic N) is 2. The van der Waals surface area contributed by atoms with Crippen LogP contribution >= 0.6 is 0 Å². The largest absolute Gasteiger partial charge is 0.330 e. The van der Waals surface area contributed by atoms with Crippen LogP contribution in [0.4, 0.5) is 0 Å². The van der Waals surface area contributed by atoms with Crippen LogP contribution in [0.25, 0.3) is 0 Å². The molecule has 0 spiro atoms. The SMILES string of the molecule is CCC(CCN)N1CCN(S(=O)(=O)NC(C)(C)C)CC1. The highest BCUT2D eigenvalue weighted by atomic mass is 32.2. The van der Waals surface area contributed by atoms with E-state index < -0.39 is 15.7 Å². The van der Waals surface area contributed by atoms with Gasteiger partial charge in [0.05, 0.1) is 0 Å². The van der Waals surface area contributed by atoms with Crippen LogP contribution in [0.1, 0.15) is 40.5 Å². The minimum Gasteiger partial charge on any atom is -0.330 e. The number of rotatable bonds is 6. The average molecular weight is 306 g/mol. The van der Waals surface area contributed by atoms with Gasteiger partial charge in [0.15, 0.2) is 0 Å². The number of piperazine rings is 1. The van der Waals surface area contributed by atoms with Crippen LogP contribution in [0.5, 0.6) is 0 Å². The van der Waals surface area contributed by atoms with Crippen LogP contribution in [-0.2, 0) is 10.2 Å². The standard InChI is InChI=1S/C13H30N4O2S/c1-5-12(6-7-14)16-8-10-17(11-9-16)20(18,19)15-13(2,3)4/h12,15H,5-11,14H2,1-4H3. The first-order chi connectivity index (χ1) is 9.19. The maximum absolute atomic E-state index is 12.2. The van der Waals surface area contributed by atoms with Crippen molar-refractivity contribution < 1.29 is 8.42 Å². The second kappa shape index (κ2) is 7.17. The first-order valence-corrected chi connectivity index (χ1v) is 8.87. The second-order valence-electron chi connectivity index (χ2n) is 6.43. The number of hydrogen-bond acceptors (Lipinski definition) is 4. The van der Waals surface area contributed by atoms with Gasteiger partial charge in [-0.05, 0) is 40.2 Å². The fourth-order valence-corrected chi connectivity index (χ4v) is 4.14. The van der Waals surface area contributed by atoms with Crippen LogP contribution in [0.15, 0.2) is 0 Å². The van der Waals surface area contributed by atoms with Gasteiger partial charge in [-0.1, -0.05) is 6.92 Å². The Balaban J connectivity index is 2.57. The molecule has 0 aromatic carbocycles. The lowest BCUT2D eigenvalue weighted by Crippen LogP contribution is -2.56. The van der Waals surface area contributed by atoms with E-state index in [2.05, 4.69) is 16.5 Å². The van der Waals surface area contributed by atoms with Crippen molar-refractivity contribution >= 4 is 10.2 Å². The van der Waals surface area contributed by atoms with Crippen molar-refractivity contribution in [1.29, 1.82) is 0 Å². The summed E-state index contributed by atoms with van der Waals surface area (Å²) in [6, 6.07) is 0.473. The van der Waals surface area contributed by atoms with Crippen LogP contribution in [0, 0.1) is 0 Å². The molecular weight excluding hydrogens is 276 g/mol. The molecule has 0 radical (unpaired) electrons. The van der Waals surface area contributed by atoms with Crippen molar-refractivity contribution in [2.24, 2.45) is 5.73 Å². The fourth-order valence-electron chi connectivity index (χ4n) is 2.60. The molecule has 120 valence electrons. The van der Waals surface area contributed by atoms with Crippen LogP contribution < -0.4 is 10.5 Å². The summed E-state index contributed by atoms with van der Waals surface area (Å²) in [5.41, 5.74) is 5.19.